The number of anilines is 1. The quantitative estimate of drug-likeness (QED) is 0.754. The molecule has 0 fully saturated rings. The largest absolute Gasteiger partial charge is 0.444 e. The van der Waals surface area contributed by atoms with Crippen molar-refractivity contribution in [3.63, 3.8) is 0 Å². The number of nitrogens with zero attached hydrogens (tertiary/aromatic N) is 2. The number of pyridine rings is 1. The van der Waals surface area contributed by atoms with Gasteiger partial charge in [0.2, 0.25) is 11.8 Å². The SMILES string of the molecule is Cc1cnc(CNc2ccc(Oc3ccc(Cl)cn3)cc2)o1. The summed E-state index contributed by atoms with van der Waals surface area (Å²) in [5.74, 6) is 2.66. The predicted molar refractivity (Wildman–Crippen MR) is 84.3 cm³/mol. The van der Waals surface area contributed by atoms with E-state index in [0.717, 1.165) is 11.4 Å². The summed E-state index contributed by atoms with van der Waals surface area (Å²) in [5.41, 5.74) is 0.951. The first kappa shape index (κ1) is 14.4. The summed E-state index contributed by atoms with van der Waals surface area (Å²) < 4.78 is 11.0. The molecule has 0 unspecified atom stereocenters. The van der Waals surface area contributed by atoms with E-state index in [9.17, 15) is 0 Å². The Bertz CT molecular complexity index is 739. The molecule has 0 spiro atoms. The Kier molecular flexibility index (Phi) is 4.25. The lowest BCUT2D eigenvalue weighted by Gasteiger charge is -2.07. The minimum Gasteiger partial charge on any atom is -0.444 e. The van der Waals surface area contributed by atoms with Crippen LogP contribution in [0.25, 0.3) is 0 Å². The normalized spacial score (nSPS) is 10.5. The summed E-state index contributed by atoms with van der Waals surface area (Å²) in [6.45, 7) is 2.40. The van der Waals surface area contributed by atoms with Crippen LogP contribution in [0.4, 0.5) is 5.69 Å². The summed E-state index contributed by atoms with van der Waals surface area (Å²) in [7, 11) is 0. The van der Waals surface area contributed by atoms with E-state index in [0.29, 0.717) is 29.1 Å². The lowest BCUT2D eigenvalue weighted by Crippen LogP contribution is -1.99. The Morgan fingerprint density at radius 3 is 2.55 bits per heavy atom. The summed E-state index contributed by atoms with van der Waals surface area (Å²) in [6, 6.07) is 11.0. The molecule has 112 valence electrons. The average molecular weight is 316 g/mol. The van der Waals surface area contributed by atoms with Crippen LogP contribution in [0.3, 0.4) is 0 Å². The van der Waals surface area contributed by atoms with Gasteiger partial charge in [-0.1, -0.05) is 11.6 Å². The van der Waals surface area contributed by atoms with E-state index in [2.05, 4.69) is 15.3 Å². The lowest BCUT2D eigenvalue weighted by atomic mass is 10.3. The molecule has 0 aliphatic rings. The molecule has 22 heavy (non-hydrogen) atoms. The number of aryl methyl sites for hydroxylation is 1. The summed E-state index contributed by atoms with van der Waals surface area (Å²) >= 11 is 5.78. The number of rotatable bonds is 5. The van der Waals surface area contributed by atoms with Crippen molar-refractivity contribution in [3.05, 3.63) is 65.5 Å². The van der Waals surface area contributed by atoms with Crippen LogP contribution in [-0.2, 0) is 6.54 Å². The van der Waals surface area contributed by atoms with E-state index in [1.807, 2.05) is 31.2 Å². The van der Waals surface area contributed by atoms with Crippen LogP contribution in [0.5, 0.6) is 11.6 Å². The fourth-order valence-corrected chi connectivity index (χ4v) is 1.96. The molecule has 0 aliphatic heterocycles. The molecule has 0 bridgehead atoms. The Balaban J connectivity index is 1.59. The molecule has 5 nitrogen and oxygen atoms in total. The van der Waals surface area contributed by atoms with Crippen LogP contribution in [0, 0.1) is 6.92 Å². The molecule has 2 aromatic heterocycles. The van der Waals surface area contributed by atoms with E-state index in [4.69, 9.17) is 20.8 Å². The molecule has 3 aromatic rings. The maximum Gasteiger partial charge on any atom is 0.219 e. The number of ether oxygens (including phenoxy) is 1. The summed E-state index contributed by atoms with van der Waals surface area (Å²) in [5, 5.41) is 3.81. The highest BCUT2D eigenvalue weighted by atomic mass is 35.5. The van der Waals surface area contributed by atoms with E-state index in [1.165, 1.54) is 0 Å². The molecule has 0 saturated carbocycles. The van der Waals surface area contributed by atoms with E-state index >= 15 is 0 Å². The third-order valence-electron chi connectivity index (χ3n) is 2.89. The molecule has 1 aromatic carbocycles. The van der Waals surface area contributed by atoms with Crippen molar-refractivity contribution in [1.29, 1.82) is 0 Å². The van der Waals surface area contributed by atoms with Crippen LogP contribution >= 0.6 is 11.6 Å². The Hall–Kier alpha value is -2.53. The van der Waals surface area contributed by atoms with Crippen LogP contribution in [0.15, 0.2) is 53.2 Å². The first-order chi connectivity index (χ1) is 10.7. The third kappa shape index (κ3) is 3.77. The molecule has 0 saturated heterocycles. The second-order valence-electron chi connectivity index (χ2n) is 4.66. The van der Waals surface area contributed by atoms with Crippen molar-refractivity contribution < 1.29 is 9.15 Å². The van der Waals surface area contributed by atoms with Crippen LogP contribution < -0.4 is 10.1 Å². The molecule has 0 amide bonds. The van der Waals surface area contributed by atoms with Crippen molar-refractivity contribution in [3.8, 4) is 11.6 Å². The zero-order valence-electron chi connectivity index (χ0n) is 11.9. The highest BCUT2D eigenvalue weighted by molar-refractivity contribution is 6.30. The Morgan fingerprint density at radius 2 is 1.91 bits per heavy atom. The maximum atomic E-state index is 5.78. The topological polar surface area (TPSA) is 60.2 Å². The second-order valence-corrected chi connectivity index (χ2v) is 5.10. The van der Waals surface area contributed by atoms with Gasteiger partial charge in [0.25, 0.3) is 0 Å². The summed E-state index contributed by atoms with van der Waals surface area (Å²) in [4.78, 5) is 8.22. The van der Waals surface area contributed by atoms with E-state index in [-0.39, 0.29) is 0 Å². The van der Waals surface area contributed by atoms with Gasteiger partial charge in [0.15, 0.2) is 0 Å². The fraction of sp³-hybridized carbons (Fsp3) is 0.125. The zero-order valence-corrected chi connectivity index (χ0v) is 12.7. The number of oxazole rings is 1. The molecule has 1 N–H and O–H groups in total. The smallest absolute Gasteiger partial charge is 0.219 e. The van der Waals surface area contributed by atoms with Crippen molar-refractivity contribution in [2.45, 2.75) is 13.5 Å². The van der Waals surface area contributed by atoms with Crippen LogP contribution in [-0.4, -0.2) is 9.97 Å². The standard InChI is InChI=1S/C16H14ClN3O2/c1-11-8-19-16(21-11)10-18-13-3-5-14(6-4-13)22-15-7-2-12(17)9-20-15/h2-9,18H,10H2,1H3. The minimum atomic E-state index is 0.500. The van der Waals surface area contributed by atoms with E-state index < -0.39 is 0 Å². The zero-order chi connectivity index (χ0) is 15.4. The number of nitrogens with one attached hydrogen (secondary N) is 1. The highest BCUT2D eigenvalue weighted by Crippen LogP contribution is 2.22. The summed E-state index contributed by atoms with van der Waals surface area (Å²) in [6.07, 6.45) is 3.25. The van der Waals surface area contributed by atoms with Crippen LogP contribution in [0.1, 0.15) is 11.7 Å². The fourth-order valence-electron chi connectivity index (χ4n) is 1.85. The van der Waals surface area contributed by atoms with Gasteiger partial charge in [0, 0.05) is 18.0 Å². The molecule has 0 aliphatic carbocycles. The van der Waals surface area contributed by atoms with Crippen molar-refractivity contribution in [1.82, 2.24) is 9.97 Å². The Morgan fingerprint density at radius 1 is 1.09 bits per heavy atom. The number of aromatic nitrogens is 2. The molecular formula is C16H14ClN3O2. The predicted octanol–water partition coefficient (Wildman–Crippen LogP) is 4.44. The number of halogens is 1. The molecule has 3 rings (SSSR count). The molecule has 2 heterocycles. The van der Waals surface area contributed by atoms with Crippen LogP contribution in [0.2, 0.25) is 5.02 Å². The van der Waals surface area contributed by atoms with Gasteiger partial charge in [-0.3, -0.25) is 0 Å². The second kappa shape index (κ2) is 6.49. The van der Waals surface area contributed by atoms with Gasteiger partial charge in [-0.25, -0.2) is 9.97 Å². The van der Waals surface area contributed by atoms with Gasteiger partial charge < -0.3 is 14.5 Å². The first-order valence-corrected chi connectivity index (χ1v) is 7.11. The number of benzene rings is 1. The lowest BCUT2D eigenvalue weighted by molar-refractivity contribution is 0.463. The first-order valence-electron chi connectivity index (χ1n) is 6.74. The number of hydrogen-bond donors (Lipinski definition) is 1. The molecule has 0 radical (unpaired) electrons. The maximum absolute atomic E-state index is 5.78. The van der Waals surface area contributed by atoms with Gasteiger partial charge in [-0.2, -0.15) is 0 Å². The Labute approximate surface area is 132 Å². The van der Waals surface area contributed by atoms with Gasteiger partial charge in [-0.05, 0) is 37.3 Å². The molecule has 0 atom stereocenters. The van der Waals surface area contributed by atoms with E-state index in [1.54, 1.807) is 24.5 Å². The highest BCUT2D eigenvalue weighted by Gasteiger charge is 2.02. The van der Waals surface area contributed by atoms with Gasteiger partial charge in [0.1, 0.15) is 11.5 Å². The monoisotopic (exact) mass is 315 g/mol. The van der Waals surface area contributed by atoms with Gasteiger partial charge in [0.05, 0.1) is 17.8 Å². The van der Waals surface area contributed by atoms with Gasteiger partial charge in [-0.15, -0.1) is 0 Å². The molecular weight excluding hydrogens is 302 g/mol. The van der Waals surface area contributed by atoms with Crippen molar-refractivity contribution in [2.75, 3.05) is 5.32 Å². The molecule has 6 heteroatoms. The average Bonchev–Trinajstić information content (AvgIpc) is 2.94. The van der Waals surface area contributed by atoms with Gasteiger partial charge >= 0.3 is 0 Å². The number of hydrogen-bond acceptors (Lipinski definition) is 5. The van der Waals surface area contributed by atoms with Crippen molar-refractivity contribution in [2.24, 2.45) is 0 Å². The van der Waals surface area contributed by atoms with Crippen molar-refractivity contribution >= 4 is 17.3 Å². The third-order valence-corrected chi connectivity index (χ3v) is 3.11. The minimum absolute atomic E-state index is 0.500.